The van der Waals surface area contributed by atoms with Crippen molar-refractivity contribution in [3.05, 3.63) is 64.0 Å². The SMILES string of the molecule is Cc1ccc2cc3c(N)c(C(=O)Nc4cccc(C)c4C)sc3nc2c1. The van der Waals surface area contributed by atoms with E-state index in [0.717, 1.165) is 43.5 Å². The Balaban J connectivity index is 1.78. The predicted molar refractivity (Wildman–Crippen MR) is 110 cm³/mol. The number of nitrogens with one attached hydrogen (secondary N) is 1. The minimum atomic E-state index is -0.195. The van der Waals surface area contributed by atoms with E-state index in [1.165, 1.54) is 11.3 Å². The number of benzene rings is 2. The fourth-order valence-corrected chi connectivity index (χ4v) is 4.02. The van der Waals surface area contributed by atoms with E-state index in [-0.39, 0.29) is 5.91 Å². The maximum Gasteiger partial charge on any atom is 0.267 e. The van der Waals surface area contributed by atoms with Crippen molar-refractivity contribution in [1.82, 2.24) is 4.98 Å². The third kappa shape index (κ3) is 2.70. The largest absolute Gasteiger partial charge is 0.397 e. The van der Waals surface area contributed by atoms with Gasteiger partial charge in [-0.25, -0.2) is 4.98 Å². The minimum absolute atomic E-state index is 0.195. The number of nitrogens with zero attached hydrogens (tertiary/aromatic N) is 1. The average Bonchev–Trinajstić information content (AvgIpc) is 2.93. The van der Waals surface area contributed by atoms with Crippen LogP contribution < -0.4 is 11.1 Å². The van der Waals surface area contributed by atoms with Crippen molar-refractivity contribution >= 4 is 49.7 Å². The third-order valence-electron chi connectivity index (χ3n) is 4.73. The molecule has 0 radical (unpaired) electrons. The highest BCUT2D eigenvalue weighted by Gasteiger charge is 2.18. The molecule has 0 bridgehead atoms. The Labute approximate surface area is 155 Å². The maximum atomic E-state index is 12.8. The van der Waals surface area contributed by atoms with Gasteiger partial charge in [0.15, 0.2) is 0 Å². The number of aromatic nitrogens is 1. The molecule has 0 aliphatic rings. The molecular formula is C21H19N3OS. The van der Waals surface area contributed by atoms with Crippen molar-refractivity contribution < 1.29 is 4.79 Å². The highest BCUT2D eigenvalue weighted by molar-refractivity contribution is 7.21. The lowest BCUT2D eigenvalue weighted by molar-refractivity contribution is 0.103. The van der Waals surface area contributed by atoms with Gasteiger partial charge < -0.3 is 11.1 Å². The second-order valence-electron chi connectivity index (χ2n) is 6.58. The fourth-order valence-electron chi connectivity index (χ4n) is 3.04. The maximum absolute atomic E-state index is 12.8. The van der Waals surface area contributed by atoms with E-state index in [4.69, 9.17) is 10.7 Å². The molecule has 4 rings (SSSR count). The van der Waals surface area contributed by atoms with Crippen LogP contribution in [-0.4, -0.2) is 10.9 Å². The zero-order valence-corrected chi connectivity index (χ0v) is 15.7. The number of aryl methyl sites for hydroxylation is 2. The number of carbonyl (C=O) groups excluding carboxylic acids is 1. The Morgan fingerprint density at radius 2 is 1.92 bits per heavy atom. The monoisotopic (exact) mass is 361 g/mol. The van der Waals surface area contributed by atoms with E-state index in [1.807, 2.05) is 63.2 Å². The molecule has 1 amide bonds. The van der Waals surface area contributed by atoms with Crippen molar-refractivity contribution in [2.75, 3.05) is 11.1 Å². The van der Waals surface area contributed by atoms with E-state index in [9.17, 15) is 4.79 Å². The fraction of sp³-hybridized carbons (Fsp3) is 0.143. The summed E-state index contributed by atoms with van der Waals surface area (Å²) in [6.07, 6.45) is 0. The number of nitrogens with two attached hydrogens (primary N) is 1. The molecule has 2 aromatic carbocycles. The van der Waals surface area contributed by atoms with Gasteiger partial charge in [0.2, 0.25) is 0 Å². The van der Waals surface area contributed by atoms with E-state index >= 15 is 0 Å². The lowest BCUT2D eigenvalue weighted by Crippen LogP contribution is -2.13. The first-order valence-corrected chi connectivity index (χ1v) is 9.22. The lowest BCUT2D eigenvalue weighted by Gasteiger charge is -2.09. The second-order valence-corrected chi connectivity index (χ2v) is 7.58. The van der Waals surface area contributed by atoms with Crippen LogP contribution >= 0.6 is 11.3 Å². The van der Waals surface area contributed by atoms with Gasteiger partial charge in [-0.2, -0.15) is 0 Å². The number of hydrogen-bond donors (Lipinski definition) is 2. The smallest absolute Gasteiger partial charge is 0.267 e. The van der Waals surface area contributed by atoms with Crippen LogP contribution in [0.3, 0.4) is 0 Å². The minimum Gasteiger partial charge on any atom is -0.397 e. The van der Waals surface area contributed by atoms with Gasteiger partial charge in [-0.1, -0.05) is 24.3 Å². The number of anilines is 2. The number of rotatable bonds is 2. The van der Waals surface area contributed by atoms with E-state index in [2.05, 4.69) is 5.32 Å². The Morgan fingerprint density at radius 3 is 2.73 bits per heavy atom. The molecule has 4 aromatic rings. The molecule has 0 saturated heterocycles. The molecule has 4 nitrogen and oxygen atoms in total. The number of fused-ring (bicyclic) bond motifs is 2. The topological polar surface area (TPSA) is 68.0 Å². The number of hydrogen-bond acceptors (Lipinski definition) is 4. The number of nitrogen functional groups attached to an aromatic ring is 1. The van der Waals surface area contributed by atoms with Gasteiger partial charge in [0.05, 0.1) is 11.2 Å². The molecule has 3 N–H and O–H groups in total. The molecule has 0 saturated carbocycles. The van der Waals surface area contributed by atoms with Crippen molar-refractivity contribution in [3.8, 4) is 0 Å². The van der Waals surface area contributed by atoms with Crippen LogP contribution in [0.2, 0.25) is 0 Å². The van der Waals surface area contributed by atoms with Gasteiger partial charge >= 0.3 is 0 Å². The quantitative estimate of drug-likeness (QED) is 0.515. The summed E-state index contributed by atoms with van der Waals surface area (Å²) in [6.45, 7) is 6.06. The van der Waals surface area contributed by atoms with Crippen molar-refractivity contribution in [3.63, 3.8) is 0 Å². The summed E-state index contributed by atoms with van der Waals surface area (Å²) in [4.78, 5) is 18.8. The van der Waals surface area contributed by atoms with Crippen LogP contribution in [0.1, 0.15) is 26.4 Å². The molecule has 130 valence electrons. The average molecular weight is 361 g/mol. The Kier molecular flexibility index (Phi) is 3.89. The Hall–Kier alpha value is -2.92. The summed E-state index contributed by atoms with van der Waals surface area (Å²) in [7, 11) is 0. The first kappa shape index (κ1) is 16.5. The summed E-state index contributed by atoms with van der Waals surface area (Å²) in [5.41, 5.74) is 11.8. The van der Waals surface area contributed by atoms with Crippen molar-refractivity contribution in [2.45, 2.75) is 20.8 Å². The lowest BCUT2D eigenvalue weighted by atomic mass is 10.1. The van der Waals surface area contributed by atoms with Gasteiger partial charge in [0.1, 0.15) is 9.71 Å². The Bertz CT molecular complexity index is 1180. The molecule has 0 aliphatic heterocycles. The molecule has 2 heterocycles. The predicted octanol–water partition coefficient (Wildman–Crippen LogP) is 5.21. The number of carbonyl (C=O) groups is 1. The highest BCUT2D eigenvalue weighted by atomic mass is 32.1. The van der Waals surface area contributed by atoms with Crippen molar-refractivity contribution in [2.24, 2.45) is 0 Å². The molecule has 0 fully saturated rings. The Morgan fingerprint density at radius 1 is 1.12 bits per heavy atom. The normalized spacial score (nSPS) is 11.2. The zero-order valence-electron chi connectivity index (χ0n) is 14.9. The summed E-state index contributed by atoms with van der Waals surface area (Å²) in [6, 6.07) is 14.0. The molecule has 0 aliphatic carbocycles. The van der Waals surface area contributed by atoms with Crippen LogP contribution in [0.25, 0.3) is 21.1 Å². The first-order chi connectivity index (χ1) is 12.4. The number of amides is 1. The van der Waals surface area contributed by atoms with Gasteiger partial charge in [-0.15, -0.1) is 11.3 Å². The molecule has 26 heavy (non-hydrogen) atoms. The second kappa shape index (κ2) is 6.11. The summed E-state index contributed by atoms with van der Waals surface area (Å²) >= 11 is 1.33. The van der Waals surface area contributed by atoms with Crippen LogP contribution in [0, 0.1) is 20.8 Å². The van der Waals surface area contributed by atoms with Gasteiger partial charge in [-0.3, -0.25) is 4.79 Å². The first-order valence-electron chi connectivity index (χ1n) is 8.41. The van der Waals surface area contributed by atoms with Gasteiger partial charge in [0.25, 0.3) is 5.91 Å². The summed E-state index contributed by atoms with van der Waals surface area (Å²) in [5.74, 6) is -0.195. The third-order valence-corrected chi connectivity index (χ3v) is 5.84. The number of thiophene rings is 1. The van der Waals surface area contributed by atoms with Crippen LogP contribution in [0.4, 0.5) is 11.4 Å². The van der Waals surface area contributed by atoms with Crippen molar-refractivity contribution in [1.29, 1.82) is 0 Å². The van der Waals surface area contributed by atoms with E-state index < -0.39 is 0 Å². The molecular weight excluding hydrogens is 342 g/mol. The van der Waals surface area contributed by atoms with Crippen LogP contribution in [0.15, 0.2) is 42.5 Å². The molecule has 2 aromatic heterocycles. The van der Waals surface area contributed by atoms with E-state index in [0.29, 0.717) is 10.6 Å². The molecule has 0 atom stereocenters. The summed E-state index contributed by atoms with van der Waals surface area (Å²) < 4.78 is 0. The van der Waals surface area contributed by atoms with Gasteiger partial charge in [0, 0.05) is 16.5 Å². The highest BCUT2D eigenvalue weighted by Crippen LogP contribution is 2.35. The summed E-state index contributed by atoms with van der Waals surface area (Å²) in [5, 5.41) is 4.84. The molecule has 5 heteroatoms. The van der Waals surface area contributed by atoms with E-state index in [1.54, 1.807) is 0 Å². The van der Waals surface area contributed by atoms with Crippen LogP contribution in [-0.2, 0) is 0 Å². The molecule has 0 unspecified atom stereocenters. The zero-order chi connectivity index (χ0) is 18.4. The number of pyridine rings is 1. The van der Waals surface area contributed by atoms with Crippen LogP contribution in [0.5, 0.6) is 0 Å². The standard InChI is InChI=1S/C21H19N3OS/c1-11-7-8-14-10-15-18(22)19(26-21(15)24-17(14)9-11)20(25)23-16-6-4-5-12(2)13(16)3/h4-10H,22H2,1-3H3,(H,23,25). The molecule has 0 spiro atoms. The van der Waals surface area contributed by atoms with Gasteiger partial charge in [-0.05, 0) is 55.7 Å².